The van der Waals surface area contributed by atoms with Crippen molar-refractivity contribution < 1.29 is 9.90 Å². The Morgan fingerprint density at radius 2 is 2.04 bits per heavy atom. The summed E-state index contributed by atoms with van der Waals surface area (Å²) in [6.07, 6.45) is -0.602. The number of nitrogens with one attached hydrogen (secondary N) is 1. The third-order valence-electron chi connectivity index (χ3n) is 3.84. The van der Waals surface area contributed by atoms with Crippen LogP contribution in [0.15, 0.2) is 36.4 Å². The molecule has 0 aliphatic rings. The van der Waals surface area contributed by atoms with E-state index in [1.165, 1.54) is 0 Å². The van der Waals surface area contributed by atoms with Crippen molar-refractivity contribution >= 4 is 16.9 Å². The second kappa shape index (κ2) is 6.41. The van der Waals surface area contributed by atoms with Crippen LogP contribution in [0.5, 0.6) is 0 Å². The minimum Gasteiger partial charge on any atom is -0.392 e. The molecule has 2 aromatic heterocycles. The molecule has 0 aliphatic heterocycles. The lowest BCUT2D eigenvalue weighted by Crippen LogP contribution is -2.30. The van der Waals surface area contributed by atoms with Gasteiger partial charge in [-0.25, -0.2) is 4.98 Å². The van der Waals surface area contributed by atoms with Gasteiger partial charge in [0.05, 0.1) is 28.4 Å². The largest absolute Gasteiger partial charge is 0.392 e. The summed E-state index contributed by atoms with van der Waals surface area (Å²) >= 11 is 0. The van der Waals surface area contributed by atoms with Crippen molar-refractivity contribution in [3.63, 3.8) is 0 Å². The normalized spacial score (nSPS) is 12.3. The third-order valence-corrected chi connectivity index (χ3v) is 3.84. The molecule has 0 bridgehead atoms. The van der Waals surface area contributed by atoms with Gasteiger partial charge in [0.1, 0.15) is 0 Å². The predicted molar refractivity (Wildman–Crippen MR) is 92.7 cm³/mol. The molecule has 0 spiro atoms. The van der Waals surface area contributed by atoms with Gasteiger partial charge < -0.3 is 10.4 Å². The monoisotopic (exact) mass is 324 g/mol. The molecule has 2 N–H and O–H groups in total. The van der Waals surface area contributed by atoms with Crippen LogP contribution in [0.4, 0.5) is 0 Å². The van der Waals surface area contributed by atoms with E-state index >= 15 is 0 Å². The number of aliphatic hydroxyl groups is 1. The van der Waals surface area contributed by atoms with Crippen LogP contribution in [-0.4, -0.2) is 38.4 Å². The van der Waals surface area contributed by atoms with E-state index in [-0.39, 0.29) is 12.5 Å². The lowest BCUT2D eigenvalue weighted by atomic mass is 10.0. The maximum absolute atomic E-state index is 12.6. The van der Waals surface area contributed by atoms with E-state index in [9.17, 15) is 9.90 Å². The van der Waals surface area contributed by atoms with E-state index < -0.39 is 6.10 Å². The van der Waals surface area contributed by atoms with Crippen LogP contribution >= 0.6 is 0 Å². The highest BCUT2D eigenvalue weighted by molar-refractivity contribution is 6.07. The maximum atomic E-state index is 12.6. The number of carbonyl (C=O) groups is 1. The van der Waals surface area contributed by atoms with Gasteiger partial charge in [0.2, 0.25) is 0 Å². The Morgan fingerprint density at radius 3 is 2.71 bits per heavy atom. The van der Waals surface area contributed by atoms with Gasteiger partial charge in [-0.1, -0.05) is 30.3 Å². The van der Waals surface area contributed by atoms with E-state index in [0.717, 1.165) is 16.6 Å². The van der Waals surface area contributed by atoms with E-state index in [2.05, 4.69) is 15.4 Å². The number of benzene rings is 1. The zero-order chi connectivity index (χ0) is 17.3. The number of aryl methyl sites for hydroxylation is 2. The van der Waals surface area contributed by atoms with Crippen LogP contribution in [0.1, 0.15) is 23.0 Å². The summed E-state index contributed by atoms with van der Waals surface area (Å²) in [6, 6.07) is 11.5. The van der Waals surface area contributed by atoms with Crippen molar-refractivity contribution in [1.82, 2.24) is 20.1 Å². The first-order valence-electron chi connectivity index (χ1n) is 7.83. The van der Waals surface area contributed by atoms with Crippen LogP contribution < -0.4 is 5.32 Å². The molecule has 6 heteroatoms. The quantitative estimate of drug-likeness (QED) is 0.770. The predicted octanol–water partition coefficient (Wildman–Crippen LogP) is 2.05. The van der Waals surface area contributed by atoms with Gasteiger partial charge >= 0.3 is 0 Å². The Hall–Kier alpha value is -2.73. The summed E-state index contributed by atoms with van der Waals surface area (Å²) < 4.78 is 1.68. The summed E-state index contributed by atoms with van der Waals surface area (Å²) in [6.45, 7) is 3.69. The number of aliphatic hydroxyl groups excluding tert-OH is 1. The van der Waals surface area contributed by atoms with Crippen molar-refractivity contribution in [3.8, 4) is 11.3 Å². The Labute approximate surface area is 140 Å². The number of hydrogen-bond acceptors (Lipinski definition) is 4. The average molecular weight is 324 g/mol. The van der Waals surface area contributed by atoms with Gasteiger partial charge in [-0.05, 0) is 19.9 Å². The molecule has 0 saturated carbocycles. The highest BCUT2D eigenvalue weighted by Crippen LogP contribution is 2.26. The summed E-state index contributed by atoms with van der Waals surface area (Å²) in [5.41, 5.74) is 3.58. The highest BCUT2D eigenvalue weighted by Gasteiger charge is 2.19. The van der Waals surface area contributed by atoms with Crippen LogP contribution in [0.2, 0.25) is 0 Å². The fraction of sp³-hybridized carbons (Fsp3) is 0.278. The molecule has 1 atom stereocenters. The van der Waals surface area contributed by atoms with Crippen LogP contribution in [0.25, 0.3) is 22.3 Å². The number of hydrogen-bond donors (Lipinski definition) is 2. The Bertz CT molecular complexity index is 885. The summed E-state index contributed by atoms with van der Waals surface area (Å²) in [5.74, 6) is -0.239. The molecular weight excluding hydrogens is 304 g/mol. The molecule has 1 amide bonds. The smallest absolute Gasteiger partial charge is 0.252 e. The first-order valence-corrected chi connectivity index (χ1v) is 7.83. The lowest BCUT2D eigenvalue weighted by Gasteiger charge is -2.10. The van der Waals surface area contributed by atoms with Gasteiger partial charge in [0.15, 0.2) is 5.65 Å². The van der Waals surface area contributed by atoms with Gasteiger partial charge in [-0.2, -0.15) is 5.10 Å². The molecular formula is C18H20N4O2. The van der Waals surface area contributed by atoms with Gasteiger partial charge in [0, 0.05) is 19.2 Å². The second-order valence-electron chi connectivity index (χ2n) is 5.89. The fourth-order valence-corrected chi connectivity index (χ4v) is 2.72. The standard InChI is InChI=1S/C18H20N4O2/c1-11(23)10-19-18(24)14-9-15(13-7-5-4-6-8-13)20-17-16(14)12(2)21-22(17)3/h4-9,11,23H,10H2,1-3H3,(H,19,24). The molecule has 6 nitrogen and oxygen atoms in total. The lowest BCUT2D eigenvalue weighted by molar-refractivity contribution is 0.0925. The zero-order valence-corrected chi connectivity index (χ0v) is 13.9. The minimum atomic E-state index is -0.602. The Morgan fingerprint density at radius 1 is 1.33 bits per heavy atom. The SMILES string of the molecule is Cc1nn(C)c2nc(-c3ccccc3)cc(C(=O)NCC(C)O)c12. The van der Waals surface area contributed by atoms with Gasteiger partial charge in [0.25, 0.3) is 5.91 Å². The molecule has 3 aromatic rings. The fourth-order valence-electron chi connectivity index (χ4n) is 2.72. The topological polar surface area (TPSA) is 80.0 Å². The first-order chi connectivity index (χ1) is 11.5. The van der Waals surface area contributed by atoms with Crippen molar-refractivity contribution in [2.75, 3.05) is 6.54 Å². The number of fused-ring (bicyclic) bond motifs is 1. The van der Waals surface area contributed by atoms with E-state index in [0.29, 0.717) is 16.9 Å². The molecule has 0 saturated heterocycles. The summed E-state index contributed by atoms with van der Waals surface area (Å²) in [5, 5.41) is 17.3. The molecule has 1 aromatic carbocycles. The average Bonchev–Trinajstić information content (AvgIpc) is 2.87. The van der Waals surface area contributed by atoms with E-state index in [1.54, 1.807) is 17.7 Å². The highest BCUT2D eigenvalue weighted by atomic mass is 16.3. The Kier molecular flexibility index (Phi) is 4.31. The van der Waals surface area contributed by atoms with Gasteiger partial charge in [-0.3, -0.25) is 9.48 Å². The van der Waals surface area contributed by atoms with Gasteiger partial charge in [-0.15, -0.1) is 0 Å². The van der Waals surface area contributed by atoms with Crippen LogP contribution in [0.3, 0.4) is 0 Å². The first kappa shape index (κ1) is 16.1. The number of aromatic nitrogens is 3. The van der Waals surface area contributed by atoms with Crippen LogP contribution in [-0.2, 0) is 7.05 Å². The second-order valence-corrected chi connectivity index (χ2v) is 5.89. The summed E-state index contributed by atoms with van der Waals surface area (Å²) in [7, 11) is 1.81. The molecule has 24 heavy (non-hydrogen) atoms. The zero-order valence-electron chi connectivity index (χ0n) is 13.9. The molecule has 2 heterocycles. The molecule has 0 aliphatic carbocycles. The number of pyridine rings is 1. The molecule has 3 rings (SSSR count). The summed E-state index contributed by atoms with van der Waals surface area (Å²) in [4.78, 5) is 17.3. The number of nitrogens with zero attached hydrogens (tertiary/aromatic N) is 3. The number of rotatable bonds is 4. The minimum absolute atomic E-state index is 0.197. The van der Waals surface area contributed by atoms with Crippen LogP contribution in [0, 0.1) is 6.92 Å². The van der Waals surface area contributed by atoms with E-state index in [1.807, 2.05) is 44.3 Å². The number of amides is 1. The Balaban J connectivity index is 2.16. The van der Waals surface area contributed by atoms with Crippen molar-refractivity contribution in [3.05, 3.63) is 47.7 Å². The third kappa shape index (κ3) is 3.00. The molecule has 0 fully saturated rings. The van der Waals surface area contributed by atoms with Crippen molar-refractivity contribution in [2.24, 2.45) is 7.05 Å². The van der Waals surface area contributed by atoms with Crippen molar-refractivity contribution in [1.29, 1.82) is 0 Å². The maximum Gasteiger partial charge on any atom is 0.252 e. The molecule has 124 valence electrons. The molecule has 0 radical (unpaired) electrons. The van der Waals surface area contributed by atoms with Crippen molar-refractivity contribution in [2.45, 2.75) is 20.0 Å². The molecule has 1 unspecified atom stereocenters. The number of carbonyl (C=O) groups excluding carboxylic acids is 1. The van der Waals surface area contributed by atoms with E-state index in [4.69, 9.17) is 0 Å².